The van der Waals surface area contributed by atoms with Crippen LogP contribution in [0.25, 0.3) is 0 Å². The highest BCUT2D eigenvalue weighted by Gasteiger charge is 2.49. The molecule has 1 atom stereocenters. The fraction of sp³-hybridized carbons (Fsp3) is 0.348. The summed E-state index contributed by atoms with van der Waals surface area (Å²) in [7, 11) is 1.58. The first kappa shape index (κ1) is 19.9. The molecule has 1 saturated heterocycles. The molecule has 4 rings (SSSR count). The molecule has 7 nitrogen and oxygen atoms in total. The van der Waals surface area contributed by atoms with E-state index in [-0.39, 0.29) is 12.5 Å². The Labute approximate surface area is 175 Å². The van der Waals surface area contributed by atoms with E-state index in [1.165, 1.54) is 5.56 Å². The smallest absolute Gasteiger partial charge is 0.325 e. The lowest BCUT2D eigenvalue weighted by Gasteiger charge is -2.30. The van der Waals surface area contributed by atoms with Gasteiger partial charge in [-0.2, -0.15) is 0 Å². The molecular weight excluding hydrogens is 382 g/mol. The topological polar surface area (TPSA) is 79.0 Å². The van der Waals surface area contributed by atoms with Crippen LogP contribution < -0.4 is 10.1 Å². The van der Waals surface area contributed by atoms with Gasteiger partial charge in [0.1, 0.15) is 17.8 Å². The summed E-state index contributed by atoms with van der Waals surface area (Å²) >= 11 is 0. The zero-order valence-electron chi connectivity index (χ0n) is 17.4. The lowest BCUT2D eigenvalue weighted by atomic mass is 9.90. The highest BCUT2D eigenvalue weighted by molar-refractivity contribution is 6.09. The van der Waals surface area contributed by atoms with Gasteiger partial charge in [0.2, 0.25) is 5.91 Å². The number of imide groups is 1. The van der Waals surface area contributed by atoms with Gasteiger partial charge in [0, 0.05) is 13.1 Å². The van der Waals surface area contributed by atoms with Crippen molar-refractivity contribution in [2.45, 2.75) is 32.4 Å². The van der Waals surface area contributed by atoms with E-state index in [9.17, 15) is 14.4 Å². The molecule has 0 aromatic heterocycles. The van der Waals surface area contributed by atoms with Crippen LogP contribution in [0.1, 0.15) is 29.2 Å². The summed E-state index contributed by atoms with van der Waals surface area (Å²) < 4.78 is 5.28. The summed E-state index contributed by atoms with van der Waals surface area (Å²) in [6, 6.07) is 12.8. The van der Waals surface area contributed by atoms with Crippen molar-refractivity contribution in [2.24, 2.45) is 0 Å². The molecule has 2 aromatic rings. The Morgan fingerprint density at radius 2 is 1.90 bits per heavy atom. The number of fused-ring (bicyclic) bond motifs is 1. The molecule has 1 unspecified atom stereocenters. The van der Waals surface area contributed by atoms with Crippen molar-refractivity contribution < 1.29 is 19.1 Å². The lowest BCUT2D eigenvalue weighted by Crippen LogP contribution is -2.45. The largest absolute Gasteiger partial charge is 0.496 e. The Bertz CT molecular complexity index is 1030. The molecule has 2 heterocycles. The maximum Gasteiger partial charge on any atom is 0.325 e. The van der Waals surface area contributed by atoms with Gasteiger partial charge in [0.15, 0.2) is 0 Å². The van der Waals surface area contributed by atoms with Crippen molar-refractivity contribution in [1.29, 1.82) is 0 Å². The summed E-state index contributed by atoms with van der Waals surface area (Å²) in [5.74, 6) is 0.0440. The third kappa shape index (κ3) is 3.30. The first-order chi connectivity index (χ1) is 14.3. The van der Waals surface area contributed by atoms with Gasteiger partial charge in [-0.05, 0) is 54.7 Å². The summed E-state index contributed by atoms with van der Waals surface area (Å²) in [6.07, 6.45) is 0.769. The molecule has 4 amide bonds. The molecule has 1 fully saturated rings. The first-order valence-corrected chi connectivity index (χ1v) is 9.97. The first-order valence-electron chi connectivity index (χ1n) is 9.97. The Hall–Kier alpha value is -3.35. The minimum atomic E-state index is -1.22. The van der Waals surface area contributed by atoms with Crippen molar-refractivity contribution in [1.82, 2.24) is 15.1 Å². The summed E-state index contributed by atoms with van der Waals surface area (Å²) in [5.41, 5.74) is 2.63. The molecule has 0 spiro atoms. The highest BCUT2D eigenvalue weighted by atomic mass is 16.5. The predicted molar refractivity (Wildman–Crippen MR) is 111 cm³/mol. The molecule has 2 aromatic carbocycles. The maximum atomic E-state index is 13.2. The molecule has 0 bridgehead atoms. The fourth-order valence-corrected chi connectivity index (χ4v) is 4.17. The summed E-state index contributed by atoms with van der Waals surface area (Å²) in [4.78, 5) is 41.4. The minimum Gasteiger partial charge on any atom is -0.496 e. The fourth-order valence-electron chi connectivity index (χ4n) is 4.17. The predicted octanol–water partition coefficient (Wildman–Crippen LogP) is 2.36. The van der Waals surface area contributed by atoms with Crippen LogP contribution in [0.15, 0.2) is 42.5 Å². The standard InChI is InChI=1S/C23H25N3O4/c1-15-12-18(8-9-19(15)30-3)23(2)21(28)26(22(29)24-23)14-20(27)25-11-10-16-6-4-5-7-17(16)13-25/h4-9,12H,10-11,13-14H2,1-3H3,(H,24,29). The number of nitrogens with zero attached hydrogens (tertiary/aromatic N) is 2. The van der Waals surface area contributed by atoms with E-state index in [0.29, 0.717) is 24.4 Å². The lowest BCUT2D eigenvalue weighted by molar-refractivity contribution is -0.139. The van der Waals surface area contributed by atoms with Gasteiger partial charge in [-0.25, -0.2) is 4.79 Å². The maximum absolute atomic E-state index is 13.2. The number of benzene rings is 2. The Morgan fingerprint density at radius 3 is 2.60 bits per heavy atom. The van der Waals surface area contributed by atoms with Crippen LogP contribution in [0.2, 0.25) is 0 Å². The second-order valence-corrected chi connectivity index (χ2v) is 7.96. The number of ether oxygens (including phenoxy) is 1. The second-order valence-electron chi connectivity index (χ2n) is 7.96. The number of amides is 4. The van der Waals surface area contributed by atoms with E-state index < -0.39 is 17.5 Å². The third-order valence-electron chi connectivity index (χ3n) is 6.02. The van der Waals surface area contributed by atoms with Crippen molar-refractivity contribution >= 4 is 17.8 Å². The Kier molecular flexibility index (Phi) is 4.97. The minimum absolute atomic E-state index is 0.233. The number of hydrogen-bond acceptors (Lipinski definition) is 4. The Morgan fingerprint density at radius 1 is 1.17 bits per heavy atom. The zero-order chi connectivity index (χ0) is 21.5. The number of hydrogen-bond donors (Lipinski definition) is 1. The van der Waals surface area contributed by atoms with Crippen molar-refractivity contribution in [3.63, 3.8) is 0 Å². The molecule has 30 heavy (non-hydrogen) atoms. The van der Waals surface area contributed by atoms with Gasteiger partial charge < -0.3 is 15.0 Å². The Balaban J connectivity index is 1.50. The van der Waals surface area contributed by atoms with Gasteiger partial charge in [-0.15, -0.1) is 0 Å². The molecule has 0 saturated carbocycles. The number of rotatable bonds is 4. The van der Waals surface area contributed by atoms with Gasteiger partial charge >= 0.3 is 6.03 Å². The van der Waals surface area contributed by atoms with E-state index in [1.54, 1.807) is 31.1 Å². The van der Waals surface area contributed by atoms with Crippen LogP contribution in [0.5, 0.6) is 5.75 Å². The van der Waals surface area contributed by atoms with Crippen LogP contribution >= 0.6 is 0 Å². The van der Waals surface area contributed by atoms with E-state index in [0.717, 1.165) is 22.4 Å². The van der Waals surface area contributed by atoms with Gasteiger partial charge in [-0.1, -0.05) is 30.3 Å². The van der Waals surface area contributed by atoms with E-state index in [2.05, 4.69) is 11.4 Å². The van der Waals surface area contributed by atoms with Gasteiger partial charge in [0.05, 0.1) is 7.11 Å². The van der Waals surface area contributed by atoms with E-state index in [4.69, 9.17) is 4.74 Å². The average molecular weight is 407 g/mol. The van der Waals surface area contributed by atoms with Crippen molar-refractivity contribution in [3.05, 3.63) is 64.7 Å². The number of urea groups is 1. The molecule has 0 radical (unpaired) electrons. The van der Waals surface area contributed by atoms with Crippen molar-refractivity contribution in [2.75, 3.05) is 20.2 Å². The van der Waals surface area contributed by atoms with Crippen LogP contribution in [0, 0.1) is 6.92 Å². The summed E-state index contributed by atoms with van der Waals surface area (Å²) in [6.45, 7) is 4.35. The van der Waals surface area contributed by atoms with E-state index in [1.807, 2.05) is 31.2 Å². The average Bonchev–Trinajstić information content (AvgIpc) is 2.97. The van der Waals surface area contributed by atoms with Crippen molar-refractivity contribution in [3.8, 4) is 5.75 Å². The SMILES string of the molecule is COc1ccc(C2(C)NC(=O)N(CC(=O)N3CCc4ccccc4C3)C2=O)cc1C. The third-order valence-corrected chi connectivity index (χ3v) is 6.02. The number of carbonyl (C=O) groups excluding carboxylic acids is 3. The quantitative estimate of drug-likeness (QED) is 0.790. The van der Waals surface area contributed by atoms with Gasteiger partial charge in [-0.3, -0.25) is 14.5 Å². The molecular formula is C23H25N3O4. The molecule has 1 N–H and O–H groups in total. The second kappa shape index (κ2) is 7.48. The highest BCUT2D eigenvalue weighted by Crippen LogP contribution is 2.32. The number of aryl methyl sites for hydroxylation is 1. The van der Waals surface area contributed by atoms with E-state index >= 15 is 0 Å². The van der Waals surface area contributed by atoms with Crippen LogP contribution in [-0.2, 0) is 28.1 Å². The molecule has 0 aliphatic carbocycles. The molecule has 2 aliphatic heterocycles. The molecule has 2 aliphatic rings. The van der Waals surface area contributed by atoms with Crippen LogP contribution in [0.4, 0.5) is 4.79 Å². The number of carbonyl (C=O) groups is 3. The van der Waals surface area contributed by atoms with Crippen LogP contribution in [-0.4, -0.2) is 47.8 Å². The number of methoxy groups -OCH3 is 1. The van der Waals surface area contributed by atoms with Gasteiger partial charge in [0.25, 0.3) is 5.91 Å². The normalized spacial score (nSPS) is 20.8. The molecule has 7 heteroatoms. The monoisotopic (exact) mass is 407 g/mol. The zero-order valence-corrected chi connectivity index (χ0v) is 17.4. The van der Waals surface area contributed by atoms with Crippen LogP contribution in [0.3, 0.4) is 0 Å². The summed E-state index contributed by atoms with van der Waals surface area (Å²) in [5, 5.41) is 2.76. The molecule has 156 valence electrons. The number of nitrogens with one attached hydrogen (secondary N) is 1.